The quantitative estimate of drug-likeness (QED) is 0.342. The third kappa shape index (κ3) is 4.10. The average molecular weight is 466 g/mol. The number of halogens is 2. The molecular formula is C24H17Cl2N3O3. The number of fused-ring (bicyclic) bond motifs is 1. The van der Waals surface area contributed by atoms with Gasteiger partial charge in [0.15, 0.2) is 5.69 Å². The number of para-hydroxylation sites is 2. The molecule has 2 N–H and O–H groups in total. The second-order valence-electron chi connectivity index (χ2n) is 6.98. The van der Waals surface area contributed by atoms with Crippen LogP contribution in [0.15, 0.2) is 72.8 Å². The van der Waals surface area contributed by atoms with Crippen LogP contribution in [0, 0.1) is 6.92 Å². The third-order valence-corrected chi connectivity index (χ3v) is 5.43. The minimum absolute atomic E-state index is 0.197. The Bertz CT molecular complexity index is 1290. The van der Waals surface area contributed by atoms with Crippen LogP contribution in [0.25, 0.3) is 10.9 Å². The number of carbonyl (C=O) groups excluding carboxylic acids is 1. The maximum atomic E-state index is 13.5. The van der Waals surface area contributed by atoms with E-state index in [0.29, 0.717) is 21.8 Å². The van der Waals surface area contributed by atoms with E-state index in [2.05, 4.69) is 10.3 Å². The molecule has 32 heavy (non-hydrogen) atoms. The van der Waals surface area contributed by atoms with Gasteiger partial charge >= 0.3 is 12.0 Å². The molecule has 0 radical (unpaired) electrons. The molecule has 0 aliphatic rings. The van der Waals surface area contributed by atoms with Gasteiger partial charge in [0.05, 0.1) is 27.6 Å². The van der Waals surface area contributed by atoms with Crippen molar-refractivity contribution in [1.82, 2.24) is 4.98 Å². The zero-order chi connectivity index (χ0) is 22.8. The van der Waals surface area contributed by atoms with Crippen LogP contribution in [0.2, 0.25) is 10.0 Å². The molecule has 4 aromatic rings. The van der Waals surface area contributed by atoms with Crippen molar-refractivity contribution in [3.63, 3.8) is 0 Å². The summed E-state index contributed by atoms with van der Waals surface area (Å²) < 4.78 is 0. The van der Waals surface area contributed by atoms with Gasteiger partial charge in [-0.3, -0.25) is 4.90 Å². The van der Waals surface area contributed by atoms with Crippen LogP contribution in [0.5, 0.6) is 0 Å². The van der Waals surface area contributed by atoms with Gasteiger partial charge in [0.2, 0.25) is 0 Å². The summed E-state index contributed by atoms with van der Waals surface area (Å²) in [6.07, 6.45) is 0. The first-order chi connectivity index (χ1) is 15.4. The van der Waals surface area contributed by atoms with Crippen molar-refractivity contribution < 1.29 is 14.7 Å². The predicted octanol–water partition coefficient (Wildman–Crippen LogP) is 6.92. The molecule has 0 bridgehead atoms. The normalized spacial score (nSPS) is 10.7. The SMILES string of the molecule is Cc1c(C(=O)O)nc2cc(Cl)cc(Cl)c2c1NC(=O)N(c1ccccc1)c1ccccc1. The van der Waals surface area contributed by atoms with Crippen molar-refractivity contribution in [1.29, 1.82) is 0 Å². The number of hydrogen-bond acceptors (Lipinski definition) is 3. The van der Waals surface area contributed by atoms with E-state index in [0.717, 1.165) is 0 Å². The van der Waals surface area contributed by atoms with Gasteiger partial charge in [-0.2, -0.15) is 0 Å². The lowest BCUT2D eigenvalue weighted by Gasteiger charge is -2.24. The van der Waals surface area contributed by atoms with E-state index >= 15 is 0 Å². The summed E-state index contributed by atoms with van der Waals surface area (Å²) in [5, 5.41) is 13.5. The van der Waals surface area contributed by atoms with E-state index in [4.69, 9.17) is 23.2 Å². The molecule has 0 spiro atoms. The number of carboxylic acids is 1. The number of aromatic carboxylic acids is 1. The van der Waals surface area contributed by atoms with Crippen LogP contribution >= 0.6 is 23.2 Å². The number of carboxylic acid groups (broad SMARTS) is 1. The molecule has 4 rings (SSSR count). The average Bonchev–Trinajstić information content (AvgIpc) is 2.76. The van der Waals surface area contributed by atoms with Crippen LogP contribution in [-0.2, 0) is 0 Å². The van der Waals surface area contributed by atoms with E-state index in [1.165, 1.54) is 17.0 Å². The molecule has 8 heteroatoms. The Morgan fingerprint density at radius 2 is 1.50 bits per heavy atom. The van der Waals surface area contributed by atoms with Crippen molar-refractivity contribution in [3.05, 3.63) is 94.1 Å². The van der Waals surface area contributed by atoms with Crippen molar-refractivity contribution >= 4 is 63.2 Å². The molecular weight excluding hydrogens is 449 g/mol. The topological polar surface area (TPSA) is 82.5 Å². The van der Waals surface area contributed by atoms with Gasteiger partial charge in [-0.05, 0) is 43.3 Å². The number of carbonyl (C=O) groups is 2. The third-order valence-electron chi connectivity index (χ3n) is 4.91. The molecule has 2 amide bonds. The van der Waals surface area contributed by atoms with Crippen molar-refractivity contribution in [2.75, 3.05) is 10.2 Å². The fourth-order valence-corrected chi connectivity index (χ4v) is 4.05. The zero-order valence-corrected chi connectivity index (χ0v) is 18.4. The maximum Gasteiger partial charge on any atom is 0.354 e. The maximum absolute atomic E-state index is 13.5. The number of nitrogens with one attached hydrogen (secondary N) is 1. The van der Waals surface area contributed by atoms with E-state index in [9.17, 15) is 14.7 Å². The number of amides is 2. The Hall–Kier alpha value is -3.61. The summed E-state index contributed by atoms with van der Waals surface area (Å²) >= 11 is 12.5. The number of benzene rings is 3. The van der Waals surface area contributed by atoms with E-state index in [1.54, 1.807) is 31.2 Å². The first kappa shape index (κ1) is 21.6. The standard InChI is InChI=1S/C24H17Cl2N3O3/c1-14-21(20-18(26)12-15(25)13-19(20)27-22(14)23(30)31)28-24(32)29(16-8-4-2-5-9-16)17-10-6-3-7-11-17/h2-13H,1H3,(H,30,31)(H,27,28,32). The van der Waals surface area contributed by atoms with Crippen LogP contribution < -0.4 is 10.2 Å². The highest BCUT2D eigenvalue weighted by Crippen LogP contribution is 2.37. The molecule has 6 nitrogen and oxygen atoms in total. The molecule has 0 aliphatic heterocycles. The number of rotatable bonds is 4. The van der Waals surface area contributed by atoms with E-state index in [1.807, 2.05) is 36.4 Å². The Kier molecular flexibility index (Phi) is 5.99. The van der Waals surface area contributed by atoms with Crippen LogP contribution in [0.3, 0.4) is 0 Å². The fraction of sp³-hybridized carbons (Fsp3) is 0.0417. The molecule has 0 atom stereocenters. The van der Waals surface area contributed by atoms with Crippen molar-refractivity contribution in [2.45, 2.75) is 6.92 Å². The number of aromatic nitrogens is 1. The minimum Gasteiger partial charge on any atom is -0.477 e. The number of nitrogens with zero attached hydrogens (tertiary/aromatic N) is 2. The second kappa shape index (κ2) is 8.86. The molecule has 0 saturated heterocycles. The molecule has 3 aromatic carbocycles. The van der Waals surface area contributed by atoms with E-state index in [-0.39, 0.29) is 27.5 Å². The smallest absolute Gasteiger partial charge is 0.354 e. The van der Waals surface area contributed by atoms with Gasteiger partial charge in [0.1, 0.15) is 0 Å². The summed E-state index contributed by atoms with van der Waals surface area (Å²) in [6, 6.07) is 20.8. The highest BCUT2D eigenvalue weighted by Gasteiger charge is 2.24. The summed E-state index contributed by atoms with van der Waals surface area (Å²) in [7, 11) is 0. The zero-order valence-electron chi connectivity index (χ0n) is 16.8. The minimum atomic E-state index is -1.22. The molecule has 160 valence electrons. The summed E-state index contributed by atoms with van der Waals surface area (Å²) in [4.78, 5) is 31.0. The molecule has 0 aliphatic carbocycles. The summed E-state index contributed by atoms with van der Waals surface area (Å²) in [5.41, 5.74) is 1.89. The van der Waals surface area contributed by atoms with Crippen molar-refractivity contribution in [3.8, 4) is 0 Å². The fourth-order valence-electron chi connectivity index (χ4n) is 3.47. The lowest BCUT2D eigenvalue weighted by molar-refractivity contribution is 0.0690. The van der Waals surface area contributed by atoms with Crippen LogP contribution in [0.1, 0.15) is 16.1 Å². The Morgan fingerprint density at radius 3 is 2.03 bits per heavy atom. The van der Waals surface area contributed by atoms with Gasteiger partial charge in [-0.1, -0.05) is 59.6 Å². The van der Waals surface area contributed by atoms with Gasteiger partial charge in [-0.15, -0.1) is 0 Å². The highest BCUT2D eigenvalue weighted by molar-refractivity contribution is 6.39. The molecule has 0 fully saturated rings. The number of pyridine rings is 1. The van der Waals surface area contributed by atoms with Gasteiger partial charge < -0.3 is 10.4 Å². The van der Waals surface area contributed by atoms with E-state index < -0.39 is 12.0 Å². The number of hydrogen-bond donors (Lipinski definition) is 2. The van der Waals surface area contributed by atoms with Crippen LogP contribution in [0.4, 0.5) is 21.9 Å². The van der Waals surface area contributed by atoms with Crippen LogP contribution in [-0.4, -0.2) is 22.1 Å². The highest BCUT2D eigenvalue weighted by atomic mass is 35.5. The van der Waals surface area contributed by atoms with Crippen molar-refractivity contribution in [2.24, 2.45) is 0 Å². The van der Waals surface area contributed by atoms with Gasteiger partial charge in [0.25, 0.3) is 0 Å². The monoisotopic (exact) mass is 465 g/mol. The first-order valence-corrected chi connectivity index (χ1v) is 10.4. The number of anilines is 3. The molecule has 1 aromatic heterocycles. The second-order valence-corrected chi connectivity index (χ2v) is 7.83. The lowest BCUT2D eigenvalue weighted by Crippen LogP contribution is -2.31. The largest absolute Gasteiger partial charge is 0.477 e. The lowest BCUT2D eigenvalue weighted by atomic mass is 10.1. The first-order valence-electron chi connectivity index (χ1n) is 9.60. The Labute approximate surface area is 194 Å². The molecule has 1 heterocycles. The predicted molar refractivity (Wildman–Crippen MR) is 128 cm³/mol. The molecule has 0 unspecified atom stereocenters. The van der Waals surface area contributed by atoms with Gasteiger partial charge in [-0.25, -0.2) is 14.6 Å². The summed E-state index contributed by atoms with van der Waals surface area (Å²) in [6.45, 7) is 1.58. The Morgan fingerprint density at radius 1 is 0.938 bits per heavy atom. The summed E-state index contributed by atoms with van der Waals surface area (Å²) in [5.74, 6) is -1.22. The molecule has 0 saturated carbocycles. The number of urea groups is 1. The Balaban J connectivity index is 1.88. The van der Waals surface area contributed by atoms with Gasteiger partial charge in [0, 0.05) is 16.0 Å².